The SMILES string of the molecule is C[C@H](C(O)CCO)[C@H]1C(O)C[C@H]2[C@@H]3CC(O)C4CCCC[C@]4(C)[C@H]3CC[C@]12C. The Hall–Kier alpha value is -0.160. The molecule has 0 amide bonds. The van der Waals surface area contributed by atoms with Crippen molar-refractivity contribution in [1.29, 1.82) is 0 Å². The third-order valence-corrected chi connectivity index (χ3v) is 10.3. The van der Waals surface area contributed by atoms with Crippen LogP contribution in [-0.2, 0) is 0 Å². The molecule has 0 heterocycles. The summed E-state index contributed by atoms with van der Waals surface area (Å²) in [4.78, 5) is 0. The zero-order chi connectivity index (χ0) is 20.3. The second kappa shape index (κ2) is 7.51. The average Bonchev–Trinajstić information content (AvgIpc) is 2.92. The Morgan fingerprint density at radius 3 is 2.36 bits per heavy atom. The van der Waals surface area contributed by atoms with Gasteiger partial charge in [-0.05, 0) is 91.3 Å². The molecule has 4 saturated carbocycles. The minimum atomic E-state index is -0.560. The van der Waals surface area contributed by atoms with Crippen LogP contribution in [0.25, 0.3) is 0 Å². The molecule has 4 heteroatoms. The summed E-state index contributed by atoms with van der Waals surface area (Å²) >= 11 is 0. The lowest BCUT2D eigenvalue weighted by atomic mass is 9.44. The minimum Gasteiger partial charge on any atom is -0.396 e. The van der Waals surface area contributed by atoms with Crippen molar-refractivity contribution >= 4 is 0 Å². The van der Waals surface area contributed by atoms with Crippen LogP contribution in [0.1, 0.15) is 78.6 Å². The monoisotopic (exact) mass is 394 g/mol. The van der Waals surface area contributed by atoms with Crippen LogP contribution in [0.15, 0.2) is 0 Å². The molecule has 0 aliphatic heterocycles. The lowest BCUT2D eigenvalue weighted by molar-refractivity contribution is -0.161. The highest BCUT2D eigenvalue weighted by Gasteiger charge is 2.64. The third kappa shape index (κ3) is 3.01. The molecule has 0 radical (unpaired) electrons. The van der Waals surface area contributed by atoms with Crippen molar-refractivity contribution in [2.24, 2.45) is 46.3 Å². The molecule has 0 aromatic rings. The molecule has 162 valence electrons. The maximum atomic E-state index is 11.1. The van der Waals surface area contributed by atoms with E-state index in [0.29, 0.717) is 30.1 Å². The molecule has 4 unspecified atom stereocenters. The van der Waals surface area contributed by atoms with Gasteiger partial charge in [0.1, 0.15) is 0 Å². The normalized spacial score (nSPS) is 53.0. The quantitative estimate of drug-likeness (QED) is 0.589. The Labute approximate surface area is 170 Å². The summed E-state index contributed by atoms with van der Waals surface area (Å²) in [7, 11) is 0. The summed E-state index contributed by atoms with van der Waals surface area (Å²) in [6.07, 6.45) is 8.26. The Kier molecular flexibility index (Phi) is 5.66. The van der Waals surface area contributed by atoms with Crippen molar-refractivity contribution in [1.82, 2.24) is 0 Å². The molecule has 0 spiro atoms. The summed E-state index contributed by atoms with van der Waals surface area (Å²) in [5.41, 5.74) is 0.279. The molecule has 4 fully saturated rings. The number of aliphatic hydroxyl groups excluding tert-OH is 4. The van der Waals surface area contributed by atoms with E-state index in [4.69, 9.17) is 0 Å². The van der Waals surface area contributed by atoms with E-state index < -0.39 is 6.10 Å². The molecule has 4 nitrogen and oxygen atoms in total. The summed E-state index contributed by atoms with van der Waals surface area (Å²) in [5.74, 6) is 2.12. The highest BCUT2D eigenvalue weighted by Crippen LogP contribution is 2.68. The first-order valence-corrected chi connectivity index (χ1v) is 11.9. The van der Waals surface area contributed by atoms with Gasteiger partial charge < -0.3 is 20.4 Å². The summed E-state index contributed by atoms with van der Waals surface area (Å²) in [5, 5.41) is 42.0. The van der Waals surface area contributed by atoms with Crippen LogP contribution < -0.4 is 0 Å². The Balaban J connectivity index is 1.62. The first kappa shape index (κ1) is 21.1. The molecule has 4 aliphatic rings. The topological polar surface area (TPSA) is 80.9 Å². The fourth-order valence-electron chi connectivity index (χ4n) is 8.99. The van der Waals surface area contributed by atoms with Crippen LogP contribution in [0.4, 0.5) is 0 Å². The van der Waals surface area contributed by atoms with Gasteiger partial charge in [-0.3, -0.25) is 0 Å². The summed E-state index contributed by atoms with van der Waals surface area (Å²) in [6.45, 7) is 6.85. The van der Waals surface area contributed by atoms with Gasteiger partial charge in [0.25, 0.3) is 0 Å². The van der Waals surface area contributed by atoms with Crippen LogP contribution in [0.2, 0.25) is 0 Å². The molecular weight excluding hydrogens is 352 g/mol. The van der Waals surface area contributed by atoms with Crippen molar-refractivity contribution in [3.05, 3.63) is 0 Å². The number of hydrogen-bond donors (Lipinski definition) is 4. The van der Waals surface area contributed by atoms with Crippen LogP contribution >= 0.6 is 0 Å². The lowest BCUT2D eigenvalue weighted by Crippen LogP contribution is -2.57. The number of rotatable bonds is 4. The number of hydrogen-bond acceptors (Lipinski definition) is 4. The van der Waals surface area contributed by atoms with Crippen molar-refractivity contribution in [2.75, 3.05) is 6.61 Å². The number of aliphatic hydroxyl groups is 4. The third-order valence-electron chi connectivity index (χ3n) is 10.3. The van der Waals surface area contributed by atoms with Crippen LogP contribution in [0.3, 0.4) is 0 Å². The highest BCUT2D eigenvalue weighted by atomic mass is 16.3. The predicted octanol–water partition coefficient (Wildman–Crippen LogP) is 3.36. The zero-order valence-electron chi connectivity index (χ0n) is 18.1. The van der Waals surface area contributed by atoms with Gasteiger partial charge in [0, 0.05) is 6.61 Å². The first-order chi connectivity index (χ1) is 13.2. The van der Waals surface area contributed by atoms with Gasteiger partial charge in [-0.15, -0.1) is 0 Å². The van der Waals surface area contributed by atoms with Gasteiger partial charge in [0.2, 0.25) is 0 Å². The molecule has 4 aliphatic carbocycles. The molecule has 0 aromatic carbocycles. The molecule has 11 atom stereocenters. The van der Waals surface area contributed by atoms with Crippen molar-refractivity contribution in [3.63, 3.8) is 0 Å². The minimum absolute atomic E-state index is 0.00883. The second-order valence-corrected chi connectivity index (χ2v) is 11.4. The molecule has 0 saturated heterocycles. The van der Waals surface area contributed by atoms with E-state index in [1.165, 1.54) is 32.1 Å². The Morgan fingerprint density at radius 1 is 0.893 bits per heavy atom. The van der Waals surface area contributed by atoms with E-state index in [-0.39, 0.29) is 41.5 Å². The van der Waals surface area contributed by atoms with E-state index in [2.05, 4.69) is 20.8 Å². The average molecular weight is 395 g/mol. The highest BCUT2D eigenvalue weighted by molar-refractivity contribution is 5.13. The fourth-order valence-corrected chi connectivity index (χ4v) is 8.99. The van der Waals surface area contributed by atoms with Gasteiger partial charge in [0.15, 0.2) is 0 Å². The van der Waals surface area contributed by atoms with Gasteiger partial charge >= 0.3 is 0 Å². The molecule has 28 heavy (non-hydrogen) atoms. The van der Waals surface area contributed by atoms with E-state index in [9.17, 15) is 20.4 Å². The lowest BCUT2D eigenvalue weighted by Gasteiger charge is -2.62. The standard InChI is InChI=1S/C24H42O4/c1-14(19(26)8-11-25)22-21(28)13-18-15-12-20(27)17-6-4-5-9-23(17,2)16(15)7-10-24(18,22)3/h14-22,25-28H,4-13H2,1-3H3/t14-,15-,16+,17?,18+,19?,20?,21?,22+,23-,24+/m1/s1. The van der Waals surface area contributed by atoms with Gasteiger partial charge in [0.05, 0.1) is 18.3 Å². The second-order valence-electron chi connectivity index (χ2n) is 11.4. The van der Waals surface area contributed by atoms with Crippen LogP contribution in [0.5, 0.6) is 0 Å². The summed E-state index contributed by atoms with van der Waals surface area (Å²) < 4.78 is 0. The largest absolute Gasteiger partial charge is 0.396 e. The zero-order valence-corrected chi connectivity index (χ0v) is 18.1. The maximum Gasteiger partial charge on any atom is 0.0591 e. The smallest absolute Gasteiger partial charge is 0.0591 e. The maximum absolute atomic E-state index is 11.1. The van der Waals surface area contributed by atoms with Crippen LogP contribution in [-0.4, -0.2) is 45.3 Å². The van der Waals surface area contributed by atoms with Crippen molar-refractivity contribution in [2.45, 2.75) is 96.9 Å². The fraction of sp³-hybridized carbons (Fsp3) is 1.00. The number of fused-ring (bicyclic) bond motifs is 5. The Bertz CT molecular complexity index is 567. The first-order valence-electron chi connectivity index (χ1n) is 11.9. The molecular formula is C24H42O4. The van der Waals surface area contributed by atoms with Gasteiger partial charge in [-0.2, -0.15) is 0 Å². The van der Waals surface area contributed by atoms with E-state index in [1.54, 1.807) is 0 Å². The van der Waals surface area contributed by atoms with Crippen molar-refractivity contribution < 1.29 is 20.4 Å². The molecule has 0 bridgehead atoms. The molecule has 4 rings (SSSR count). The van der Waals surface area contributed by atoms with Crippen molar-refractivity contribution in [3.8, 4) is 0 Å². The molecule has 0 aromatic heterocycles. The van der Waals surface area contributed by atoms with E-state index in [1.807, 2.05) is 0 Å². The van der Waals surface area contributed by atoms with E-state index in [0.717, 1.165) is 19.3 Å². The van der Waals surface area contributed by atoms with Gasteiger partial charge in [-0.1, -0.05) is 33.6 Å². The molecule has 4 N–H and O–H groups in total. The van der Waals surface area contributed by atoms with E-state index >= 15 is 0 Å². The van der Waals surface area contributed by atoms with Gasteiger partial charge in [-0.25, -0.2) is 0 Å². The summed E-state index contributed by atoms with van der Waals surface area (Å²) in [6, 6.07) is 0. The van der Waals surface area contributed by atoms with Crippen LogP contribution in [0, 0.1) is 46.3 Å². The Morgan fingerprint density at radius 2 is 1.64 bits per heavy atom. The predicted molar refractivity (Wildman–Crippen MR) is 109 cm³/mol.